The van der Waals surface area contributed by atoms with E-state index in [1.54, 1.807) is 14.2 Å². The van der Waals surface area contributed by atoms with Crippen molar-refractivity contribution < 1.29 is 18.9 Å². The fraction of sp³-hybridized carbons (Fsp3) is 0.520. The van der Waals surface area contributed by atoms with E-state index in [9.17, 15) is 0 Å². The number of aryl methyl sites for hydroxylation is 4. The molecule has 0 saturated heterocycles. The van der Waals surface area contributed by atoms with Crippen LogP contribution in [0.1, 0.15) is 56.4 Å². The van der Waals surface area contributed by atoms with Crippen molar-refractivity contribution in [2.45, 2.75) is 61.8 Å². The SMILES string of the molecule is CC.CC.COc1cc(C)c(OCCCOc2c(C)cc(OC)cc2C)c(C)c1. The molecule has 0 heterocycles. The van der Waals surface area contributed by atoms with Gasteiger partial charge in [-0.15, -0.1) is 0 Å². The van der Waals surface area contributed by atoms with E-state index in [2.05, 4.69) is 0 Å². The number of methoxy groups -OCH3 is 2. The van der Waals surface area contributed by atoms with E-state index < -0.39 is 0 Å². The van der Waals surface area contributed by atoms with Gasteiger partial charge in [0.1, 0.15) is 23.0 Å². The molecule has 0 aromatic heterocycles. The molecule has 0 aliphatic carbocycles. The summed E-state index contributed by atoms with van der Waals surface area (Å²) >= 11 is 0. The molecule has 0 aliphatic rings. The molecule has 4 nitrogen and oxygen atoms in total. The van der Waals surface area contributed by atoms with Crippen LogP contribution in [-0.2, 0) is 0 Å². The van der Waals surface area contributed by atoms with Gasteiger partial charge in [-0.25, -0.2) is 0 Å². The summed E-state index contributed by atoms with van der Waals surface area (Å²) in [6.45, 7) is 17.4. The molecule has 0 bridgehead atoms. The van der Waals surface area contributed by atoms with Crippen LogP contribution in [-0.4, -0.2) is 27.4 Å². The molecule has 0 spiro atoms. The van der Waals surface area contributed by atoms with Crippen molar-refractivity contribution in [1.82, 2.24) is 0 Å². The van der Waals surface area contributed by atoms with E-state index in [0.717, 1.165) is 51.7 Å². The zero-order chi connectivity index (χ0) is 22.4. The Kier molecular flexibility index (Phi) is 13.4. The van der Waals surface area contributed by atoms with Gasteiger partial charge in [-0.3, -0.25) is 0 Å². The quantitative estimate of drug-likeness (QED) is 0.451. The van der Waals surface area contributed by atoms with Gasteiger partial charge in [0.2, 0.25) is 0 Å². The monoisotopic (exact) mass is 404 g/mol. The van der Waals surface area contributed by atoms with Gasteiger partial charge in [0.15, 0.2) is 0 Å². The Balaban J connectivity index is 0.00000184. The van der Waals surface area contributed by atoms with Gasteiger partial charge in [0.25, 0.3) is 0 Å². The number of hydrogen-bond acceptors (Lipinski definition) is 4. The fourth-order valence-electron chi connectivity index (χ4n) is 2.92. The normalized spacial score (nSPS) is 9.45. The van der Waals surface area contributed by atoms with Crippen molar-refractivity contribution in [3.63, 3.8) is 0 Å². The molecule has 0 atom stereocenters. The summed E-state index contributed by atoms with van der Waals surface area (Å²) in [6.07, 6.45) is 0.815. The van der Waals surface area contributed by atoms with E-state index in [1.165, 1.54) is 0 Å². The third-order valence-corrected chi connectivity index (χ3v) is 4.12. The second kappa shape index (κ2) is 14.6. The Morgan fingerprint density at radius 3 is 1.07 bits per heavy atom. The molecular weight excluding hydrogens is 364 g/mol. The standard InChI is InChI=1S/C21H28O4.2C2H6/c1-14-10-18(22-5)11-15(2)20(14)24-8-7-9-25-21-16(3)12-19(23-6)13-17(21)4;2*1-2/h10-13H,7-9H2,1-6H3;2*1-2H3. The molecule has 2 aromatic rings. The highest BCUT2D eigenvalue weighted by Gasteiger charge is 2.09. The summed E-state index contributed by atoms with van der Waals surface area (Å²) in [6, 6.07) is 7.96. The Hall–Kier alpha value is -2.36. The van der Waals surface area contributed by atoms with Crippen LogP contribution in [0.25, 0.3) is 0 Å². The Labute approximate surface area is 178 Å². The molecule has 0 unspecified atom stereocenters. The summed E-state index contributed by atoms with van der Waals surface area (Å²) in [5, 5.41) is 0. The zero-order valence-electron chi connectivity index (χ0n) is 20.1. The van der Waals surface area contributed by atoms with Crippen LogP contribution in [0.15, 0.2) is 24.3 Å². The Morgan fingerprint density at radius 2 is 0.828 bits per heavy atom. The Bertz CT molecular complexity index is 615. The van der Waals surface area contributed by atoms with Crippen molar-refractivity contribution in [3.8, 4) is 23.0 Å². The van der Waals surface area contributed by atoms with Gasteiger partial charge in [0, 0.05) is 6.42 Å². The highest BCUT2D eigenvalue weighted by molar-refractivity contribution is 5.46. The molecule has 29 heavy (non-hydrogen) atoms. The first kappa shape index (κ1) is 26.6. The molecule has 4 heteroatoms. The predicted molar refractivity (Wildman–Crippen MR) is 123 cm³/mol. The molecule has 2 rings (SSSR count). The van der Waals surface area contributed by atoms with Crippen LogP contribution in [0, 0.1) is 27.7 Å². The summed E-state index contributed by atoms with van der Waals surface area (Å²) in [5.41, 5.74) is 4.33. The number of ether oxygens (including phenoxy) is 4. The molecule has 0 fully saturated rings. The maximum Gasteiger partial charge on any atom is 0.125 e. The fourth-order valence-corrected chi connectivity index (χ4v) is 2.92. The van der Waals surface area contributed by atoms with E-state index >= 15 is 0 Å². The van der Waals surface area contributed by atoms with Gasteiger partial charge in [-0.2, -0.15) is 0 Å². The van der Waals surface area contributed by atoms with E-state index in [0.29, 0.717) is 13.2 Å². The minimum atomic E-state index is 0.613. The summed E-state index contributed by atoms with van der Waals surface area (Å²) in [7, 11) is 3.35. The van der Waals surface area contributed by atoms with Crippen molar-refractivity contribution >= 4 is 0 Å². The van der Waals surface area contributed by atoms with Crippen LogP contribution in [0.5, 0.6) is 23.0 Å². The second-order valence-corrected chi connectivity index (χ2v) is 6.23. The van der Waals surface area contributed by atoms with Crippen molar-refractivity contribution in [3.05, 3.63) is 46.5 Å². The van der Waals surface area contributed by atoms with Crippen LogP contribution in [0.4, 0.5) is 0 Å². The van der Waals surface area contributed by atoms with E-state index in [4.69, 9.17) is 18.9 Å². The highest BCUT2D eigenvalue weighted by Crippen LogP contribution is 2.29. The molecule has 0 N–H and O–H groups in total. The van der Waals surface area contributed by atoms with Crippen molar-refractivity contribution in [2.75, 3.05) is 27.4 Å². The first-order valence-corrected chi connectivity index (χ1v) is 10.5. The molecule has 2 aromatic carbocycles. The number of rotatable bonds is 8. The molecule has 0 radical (unpaired) electrons. The molecule has 0 aliphatic heterocycles. The van der Waals surface area contributed by atoms with Gasteiger partial charge in [-0.05, 0) is 74.2 Å². The topological polar surface area (TPSA) is 36.9 Å². The predicted octanol–water partition coefficient (Wildman–Crippen LogP) is 6.84. The average molecular weight is 405 g/mol. The molecular formula is C25H40O4. The van der Waals surface area contributed by atoms with Crippen molar-refractivity contribution in [2.24, 2.45) is 0 Å². The maximum atomic E-state index is 5.95. The second-order valence-electron chi connectivity index (χ2n) is 6.23. The van der Waals surface area contributed by atoms with Gasteiger partial charge in [0.05, 0.1) is 27.4 Å². The Morgan fingerprint density at radius 1 is 0.552 bits per heavy atom. The van der Waals surface area contributed by atoms with E-state index in [1.807, 2.05) is 79.7 Å². The minimum Gasteiger partial charge on any atom is -0.497 e. The minimum absolute atomic E-state index is 0.613. The third kappa shape index (κ3) is 8.26. The lowest BCUT2D eigenvalue weighted by Crippen LogP contribution is -2.08. The summed E-state index contributed by atoms with van der Waals surface area (Å²) in [4.78, 5) is 0. The lowest BCUT2D eigenvalue weighted by Gasteiger charge is -2.15. The average Bonchev–Trinajstić information content (AvgIpc) is 2.73. The van der Waals surface area contributed by atoms with Crippen LogP contribution >= 0.6 is 0 Å². The van der Waals surface area contributed by atoms with Crippen molar-refractivity contribution in [1.29, 1.82) is 0 Å². The number of hydrogen-bond donors (Lipinski definition) is 0. The molecule has 164 valence electrons. The summed E-state index contributed by atoms with van der Waals surface area (Å²) in [5.74, 6) is 3.57. The third-order valence-electron chi connectivity index (χ3n) is 4.12. The highest BCUT2D eigenvalue weighted by atomic mass is 16.5. The van der Waals surface area contributed by atoms with Gasteiger partial charge in [-0.1, -0.05) is 27.7 Å². The smallest absolute Gasteiger partial charge is 0.125 e. The molecule has 0 saturated carbocycles. The van der Waals surface area contributed by atoms with Crippen LogP contribution < -0.4 is 18.9 Å². The van der Waals surface area contributed by atoms with Crippen LogP contribution in [0.3, 0.4) is 0 Å². The summed E-state index contributed by atoms with van der Waals surface area (Å²) < 4.78 is 22.4. The maximum absolute atomic E-state index is 5.95. The molecule has 0 amide bonds. The van der Waals surface area contributed by atoms with Crippen LogP contribution in [0.2, 0.25) is 0 Å². The lowest BCUT2D eigenvalue weighted by atomic mass is 10.1. The van der Waals surface area contributed by atoms with Gasteiger partial charge >= 0.3 is 0 Å². The lowest BCUT2D eigenvalue weighted by molar-refractivity contribution is 0.243. The van der Waals surface area contributed by atoms with Gasteiger partial charge < -0.3 is 18.9 Å². The van der Waals surface area contributed by atoms with E-state index in [-0.39, 0.29) is 0 Å². The zero-order valence-corrected chi connectivity index (χ0v) is 20.1. The largest absolute Gasteiger partial charge is 0.497 e. The first-order chi connectivity index (χ1) is 14.0. The first-order valence-electron chi connectivity index (χ1n) is 10.5. The number of benzene rings is 2.